The summed E-state index contributed by atoms with van der Waals surface area (Å²) in [5.74, 6) is 0. The van der Waals surface area contributed by atoms with Gasteiger partial charge in [0.25, 0.3) is 0 Å². The summed E-state index contributed by atoms with van der Waals surface area (Å²) >= 11 is 0. The summed E-state index contributed by atoms with van der Waals surface area (Å²) in [5, 5.41) is 3.01. The average Bonchev–Trinajstić information content (AvgIpc) is 2.38. The summed E-state index contributed by atoms with van der Waals surface area (Å²) in [6.45, 7) is 1.32. The number of likely N-dealkylation sites (N-methyl/N-ethyl adjacent to an activating group) is 1. The molecule has 0 saturated heterocycles. The molecule has 0 aliphatic carbocycles. The molecule has 0 amide bonds. The van der Waals surface area contributed by atoms with E-state index in [1.54, 1.807) is 14.2 Å². The van der Waals surface area contributed by atoms with Crippen molar-refractivity contribution in [2.24, 2.45) is 0 Å². The number of halogens is 3. The molecule has 0 spiro atoms. The largest absolute Gasteiger partial charge is 0.416 e. The second-order valence-electron chi connectivity index (χ2n) is 4.03. The highest BCUT2D eigenvalue weighted by Gasteiger charge is 2.30. The Balaban J connectivity index is 2.61. The molecule has 108 valence electrons. The van der Waals surface area contributed by atoms with Crippen molar-refractivity contribution < 1.29 is 22.6 Å². The van der Waals surface area contributed by atoms with Gasteiger partial charge in [0.05, 0.1) is 31.4 Å². The lowest BCUT2D eigenvalue weighted by Gasteiger charge is -2.17. The smallest absolute Gasteiger partial charge is 0.382 e. The van der Waals surface area contributed by atoms with Crippen LogP contribution < -0.4 is 5.32 Å². The van der Waals surface area contributed by atoms with Gasteiger partial charge in [-0.3, -0.25) is 0 Å². The molecular weight excluding hydrogens is 259 g/mol. The van der Waals surface area contributed by atoms with Crippen molar-refractivity contribution in [1.29, 1.82) is 0 Å². The number of hydrogen-bond acceptors (Lipinski definition) is 3. The monoisotopic (exact) mass is 277 g/mol. The van der Waals surface area contributed by atoms with E-state index in [2.05, 4.69) is 5.32 Å². The molecule has 0 saturated carbocycles. The zero-order valence-electron chi connectivity index (χ0n) is 11.0. The topological polar surface area (TPSA) is 30.5 Å². The quantitative estimate of drug-likeness (QED) is 0.777. The molecular formula is C13H18F3NO2. The van der Waals surface area contributed by atoms with Crippen LogP contribution in [-0.2, 0) is 15.7 Å². The normalized spacial score (nSPS) is 13.5. The van der Waals surface area contributed by atoms with Gasteiger partial charge in [0.2, 0.25) is 0 Å². The molecule has 0 aliphatic heterocycles. The van der Waals surface area contributed by atoms with Crippen LogP contribution in [0.1, 0.15) is 17.2 Å². The molecule has 19 heavy (non-hydrogen) atoms. The van der Waals surface area contributed by atoms with Crippen LogP contribution in [0.4, 0.5) is 13.2 Å². The lowest BCUT2D eigenvalue weighted by molar-refractivity contribution is -0.137. The highest BCUT2D eigenvalue weighted by Crippen LogP contribution is 2.29. The lowest BCUT2D eigenvalue weighted by Crippen LogP contribution is -2.22. The maximum atomic E-state index is 12.4. The van der Waals surface area contributed by atoms with Gasteiger partial charge in [-0.15, -0.1) is 0 Å². The van der Waals surface area contributed by atoms with E-state index in [1.165, 1.54) is 12.1 Å². The average molecular weight is 277 g/mol. The first-order chi connectivity index (χ1) is 8.99. The third-order valence-electron chi connectivity index (χ3n) is 2.71. The minimum atomic E-state index is -4.30. The first-order valence-corrected chi connectivity index (χ1v) is 5.90. The Hall–Kier alpha value is -1.11. The van der Waals surface area contributed by atoms with Gasteiger partial charge in [0.1, 0.15) is 0 Å². The molecule has 1 atom stereocenters. The number of rotatable bonds is 7. The molecule has 0 aliphatic rings. The number of ether oxygens (including phenoxy) is 2. The second-order valence-corrected chi connectivity index (χ2v) is 4.03. The van der Waals surface area contributed by atoms with Gasteiger partial charge in [0, 0.05) is 7.11 Å². The van der Waals surface area contributed by atoms with Crippen LogP contribution in [0.2, 0.25) is 0 Å². The Morgan fingerprint density at radius 3 is 2.26 bits per heavy atom. The van der Waals surface area contributed by atoms with Crippen LogP contribution in [0.3, 0.4) is 0 Å². The number of hydrogen-bond donors (Lipinski definition) is 1. The minimum Gasteiger partial charge on any atom is -0.382 e. The van der Waals surface area contributed by atoms with E-state index in [9.17, 15) is 13.2 Å². The predicted octanol–water partition coefficient (Wildman–Crippen LogP) is 2.63. The van der Waals surface area contributed by atoms with Gasteiger partial charge >= 0.3 is 6.18 Å². The molecule has 0 radical (unpaired) electrons. The maximum Gasteiger partial charge on any atom is 0.416 e. The van der Waals surface area contributed by atoms with Crippen molar-refractivity contribution >= 4 is 0 Å². The summed E-state index contributed by atoms with van der Waals surface area (Å²) in [5.41, 5.74) is 0.110. The zero-order chi connectivity index (χ0) is 14.3. The van der Waals surface area contributed by atoms with E-state index in [1.807, 2.05) is 0 Å². The zero-order valence-corrected chi connectivity index (χ0v) is 11.0. The summed E-state index contributed by atoms with van der Waals surface area (Å²) in [4.78, 5) is 0. The molecule has 1 aromatic carbocycles. The summed E-state index contributed by atoms with van der Waals surface area (Å²) in [6, 6.07) is 4.94. The fourth-order valence-electron chi connectivity index (χ4n) is 1.59. The molecule has 1 unspecified atom stereocenters. The van der Waals surface area contributed by atoms with Crippen LogP contribution in [0.5, 0.6) is 0 Å². The standard InChI is InChI=1S/C13H18F3NO2/c1-17-12(9-19-8-7-18-2)10-3-5-11(6-4-10)13(14,15)16/h3-6,12,17H,7-9H2,1-2H3. The predicted molar refractivity (Wildman–Crippen MR) is 65.9 cm³/mol. The van der Waals surface area contributed by atoms with Crippen molar-refractivity contribution in [1.82, 2.24) is 5.32 Å². The SMILES string of the molecule is CNC(COCCOC)c1ccc(C(F)(F)F)cc1. The summed E-state index contributed by atoms with van der Waals surface area (Å²) in [7, 11) is 3.32. The highest BCUT2D eigenvalue weighted by molar-refractivity contribution is 5.26. The number of nitrogens with one attached hydrogen (secondary N) is 1. The van der Waals surface area contributed by atoms with Crippen molar-refractivity contribution in [3.05, 3.63) is 35.4 Å². The van der Waals surface area contributed by atoms with Gasteiger partial charge in [0.15, 0.2) is 0 Å². The van der Waals surface area contributed by atoms with Crippen LogP contribution in [-0.4, -0.2) is 34.0 Å². The molecule has 0 fully saturated rings. The van der Waals surface area contributed by atoms with Crippen molar-refractivity contribution in [3.8, 4) is 0 Å². The van der Waals surface area contributed by atoms with E-state index < -0.39 is 11.7 Å². The van der Waals surface area contributed by atoms with Gasteiger partial charge in [-0.2, -0.15) is 13.2 Å². The van der Waals surface area contributed by atoms with E-state index in [0.29, 0.717) is 19.8 Å². The van der Waals surface area contributed by atoms with Crippen LogP contribution in [0, 0.1) is 0 Å². The molecule has 3 nitrogen and oxygen atoms in total. The van der Waals surface area contributed by atoms with Crippen molar-refractivity contribution in [3.63, 3.8) is 0 Å². The Labute approximate surface area is 110 Å². The molecule has 0 heterocycles. The van der Waals surface area contributed by atoms with E-state index in [4.69, 9.17) is 9.47 Å². The molecule has 1 N–H and O–H groups in total. The molecule has 0 aromatic heterocycles. The fraction of sp³-hybridized carbons (Fsp3) is 0.538. The second kappa shape index (κ2) is 7.47. The highest BCUT2D eigenvalue weighted by atomic mass is 19.4. The van der Waals surface area contributed by atoms with E-state index in [-0.39, 0.29) is 6.04 Å². The van der Waals surface area contributed by atoms with Crippen molar-refractivity contribution in [2.45, 2.75) is 12.2 Å². The minimum absolute atomic E-state index is 0.140. The Kier molecular flexibility index (Phi) is 6.27. The third kappa shape index (κ3) is 5.18. The molecule has 6 heteroatoms. The van der Waals surface area contributed by atoms with Gasteiger partial charge < -0.3 is 14.8 Å². The Bertz CT molecular complexity index is 365. The first kappa shape index (κ1) is 15.9. The van der Waals surface area contributed by atoms with Crippen LogP contribution in [0.25, 0.3) is 0 Å². The fourth-order valence-corrected chi connectivity index (χ4v) is 1.59. The Morgan fingerprint density at radius 1 is 1.16 bits per heavy atom. The van der Waals surface area contributed by atoms with Crippen molar-refractivity contribution in [2.75, 3.05) is 34.0 Å². The van der Waals surface area contributed by atoms with Crippen LogP contribution >= 0.6 is 0 Å². The Morgan fingerprint density at radius 2 is 1.79 bits per heavy atom. The van der Waals surface area contributed by atoms with Gasteiger partial charge in [-0.05, 0) is 24.7 Å². The van der Waals surface area contributed by atoms with Gasteiger partial charge in [-0.1, -0.05) is 12.1 Å². The summed E-state index contributed by atoms with van der Waals surface area (Å²) in [6.07, 6.45) is -4.30. The van der Waals surface area contributed by atoms with Crippen LogP contribution in [0.15, 0.2) is 24.3 Å². The number of methoxy groups -OCH3 is 1. The number of alkyl halides is 3. The molecule has 0 bridgehead atoms. The third-order valence-corrected chi connectivity index (χ3v) is 2.71. The number of benzene rings is 1. The lowest BCUT2D eigenvalue weighted by atomic mass is 10.1. The van der Waals surface area contributed by atoms with E-state index >= 15 is 0 Å². The summed E-state index contributed by atoms with van der Waals surface area (Å²) < 4.78 is 47.5. The maximum absolute atomic E-state index is 12.4. The van der Waals surface area contributed by atoms with E-state index in [0.717, 1.165) is 17.7 Å². The first-order valence-electron chi connectivity index (χ1n) is 5.90. The molecule has 1 aromatic rings. The van der Waals surface area contributed by atoms with Gasteiger partial charge in [-0.25, -0.2) is 0 Å². The molecule has 1 rings (SSSR count).